The van der Waals surface area contributed by atoms with Gasteiger partial charge in [0, 0.05) is 9.75 Å². The van der Waals surface area contributed by atoms with E-state index in [1.54, 1.807) is 13.2 Å². The molecule has 2 aromatic rings. The second-order valence-electron chi connectivity index (χ2n) is 6.65. The molecule has 0 radical (unpaired) electrons. The molecule has 1 N–H and O–H groups in total. The summed E-state index contributed by atoms with van der Waals surface area (Å²) >= 11 is 1.36. The Kier molecular flexibility index (Phi) is 5.72. The third-order valence-corrected chi connectivity index (χ3v) is 8.88. The molecule has 7 heteroatoms. The minimum Gasteiger partial charge on any atom is -0.497 e. The van der Waals surface area contributed by atoms with Crippen molar-refractivity contribution in [1.82, 2.24) is 0 Å². The molecule has 1 aliphatic heterocycles. The minimum absolute atomic E-state index is 0.0508. The van der Waals surface area contributed by atoms with Gasteiger partial charge < -0.3 is 9.84 Å². The van der Waals surface area contributed by atoms with Crippen molar-refractivity contribution >= 4 is 39.3 Å². The standard InChI is InChI=1S/C20H22O5S2/c1-25-16-7-4-15(5-8-16)6-9-17-10-11-18(26-17)20(14-19(21)22)12-2-3-13-27(20,23)24/h4-11H,2-3,12-14H2,1H3,(H,21,22)/t20-/m0/s1. The molecule has 0 bridgehead atoms. The lowest BCUT2D eigenvalue weighted by Crippen LogP contribution is -2.41. The summed E-state index contributed by atoms with van der Waals surface area (Å²) in [5.74, 6) is -0.247. The van der Waals surface area contributed by atoms with Crippen molar-refractivity contribution in [3.05, 3.63) is 51.7 Å². The maximum absolute atomic E-state index is 12.8. The van der Waals surface area contributed by atoms with Crippen LogP contribution in [0.4, 0.5) is 0 Å². The number of sulfone groups is 1. The first-order valence-corrected chi connectivity index (χ1v) is 11.2. The number of benzene rings is 1. The molecule has 1 aromatic carbocycles. The molecule has 2 heterocycles. The Labute approximate surface area is 163 Å². The summed E-state index contributed by atoms with van der Waals surface area (Å²) in [7, 11) is -1.89. The zero-order valence-electron chi connectivity index (χ0n) is 15.1. The van der Waals surface area contributed by atoms with Gasteiger partial charge in [-0.2, -0.15) is 0 Å². The van der Waals surface area contributed by atoms with E-state index in [9.17, 15) is 18.3 Å². The van der Waals surface area contributed by atoms with Crippen LogP contribution < -0.4 is 4.74 Å². The van der Waals surface area contributed by atoms with Crippen LogP contribution in [0.25, 0.3) is 12.2 Å². The summed E-state index contributed by atoms with van der Waals surface area (Å²) < 4.78 is 29.4. The number of carbonyl (C=O) groups is 1. The van der Waals surface area contributed by atoms with Gasteiger partial charge in [-0.1, -0.05) is 24.6 Å². The number of carboxylic acids is 1. The normalized spacial score (nSPS) is 22.0. The van der Waals surface area contributed by atoms with E-state index >= 15 is 0 Å². The number of methoxy groups -OCH3 is 1. The highest BCUT2D eigenvalue weighted by molar-refractivity contribution is 7.92. The highest BCUT2D eigenvalue weighted by Crippen LogP contribution is 2.46. The monoisotopic (exact) mass is 406 g/mol. The fraction of sp³-hybridized carbons (Fsp3) is 0.350. The van der Waals surface area contributed by atoms with Gasteiger partial charge in [0.25, 0.3) is 0 Å². The van der Waals surface area contributed by atoms with Gasteiger partial charge >= 0.3 is 5.97 Å². The summed E-state index contributed by atoms with van der Waals surface area (Å²) in [5.41, 5.74) is 0.997. The second-order valence-corrected chi connectivity index (χ2v) is 10.2. The molecular weight excluding hydrogens is 384 g/mol. The van der Waals surface area contributed by atoms with Crippen LogP contribution in [0, 0.1) is 0 Å². The van der Waals surface area contributed by atoms with Crippen molar-refractivity contribution < 1.29 is 23.1 Å². The lowest BCUT2D eigenvalue weighted by atomic mass is 9.95. The number of hydrogen-bond acceptors (Lipinski definition) is 5. The van der Waals surface area contributed by atoms with Crippen molar-refractivity contribution in [2.24, 2.45) is 0 Å². The Morgan fingerprint density at radius 1 is 1.19 bits per heavy atom. The fourth-order valence-electron chi connectivity index (χ4n) is 3.44. The van der Waals surface area contributed by atoms with E-state index < -0.39 is 20.6 Å². The van der Waals surface area contributed by atoms with Gasteiger partial charge in [-0.25, -0.2) is 8.42 Å². The average molecular weight is 407 g/mol. The smallest absolute Gasteiger partial charge is 0.305 e. The Hall–Kier alpha value is -2.12. The Morgan fingerprint density at radius 3 is 2.56 bits per heavy atom. The summed E-state index contributed by atoms with van der Waals surface area (Å²) in [6.07, 6.45) is 5.16. The molecule has 1 fully saturated rings. The van der Waals surface area contributed by atoms with Crippen molar-refractivity contribution in [3.8, 4) is 5.75 Å². The molecule has 0 spiro atoms. The predicted octanol–water partition coefficient (Wildman–Crippen LogP) is 4.20. The largest absolute Gasteiger partial charge is 0.497 e. The van der Waals surface area contributed by atoms with E-state index in [4.69, 9.17) is 4.74 Å². The highest BCUT2D eigenvalue weighted by atomic mass is 32.2. The molecule has 1 aromatic heterocycles. The zero-order valence-corrected chi connectivity index (χ0v) is 16.7. The SMILES string of the molecule is COc1ccc(C=Cc2ccc([C@@]3(CC(=O)O)CCCCS3(=O)=O)s2)cc1. The molecule has 144 valence electrons. The van der Waals surface area contributed by atoms with Crippen LogP contribution in [0.3, 0.4) is 0 Å². The van der Waals surface area contributed by atoms with Crippen molar-refractivity contribution in [2.75, 3.05) is 12.9 Å². The van der Waals surface area contributed by atoms with Crippen LogP contribution in [0.15, 0.2) is 36.4 Å². The van der Waals surface area contributed by atoms with Gasteiger partial charge in [-0.05, 0) is 48.7 Å². The molecule has 0 amide bonds. The van der Waals surface area contributed by atoms with Gasteiger partial charge in [-0.3, -0.25) is 4.79 Å². The lowest BCUT2D eigenvalue weighted by molar-refractivity contribution is -0.137. The highest BCUT2D eigenvalue weighted by Gasteiger charge is 2.49. The topological polar surface area (TPSA) is 80.7 Å². The third kappa shape index (κ3) is 4.09. The van der Waals surface area contributed by atoms with Crippen LogP contribution in [0.5, 0.6) is 5.75 Å². The molecule has 5 nitrogen and oxygen atoms in total. The van der Waals surface area contributed by atoms with Crippen LogP contribution in [-0.4, -0.2) is 32.4 Å². The number of ether oxygens (including phenoxy) is 1. The molecule has 0 saturated carbocycles. The summed E-state index contributed by atoms with van der Waals surface area (Å²) in [4.78, 5) is 12.9. The Bertz CT molecular complexity index is 941. The molecule has 0 unspecified atom stereocenters. The minimum atomic E-state index is -3.50. The molecular formula is C20H22O5S2. The van der Waals surface area contributed by atoms with Crippen LogP contribution in [-0.2, 0) is 19.4 Å². The molecule has 1 saturated heterocycles. The fourth-order valence-corrected chi connectivity index (χ4v) is 7.12. The van der Waals surface area contributed by atoms with E-state index in [1.165, 1.54) is 11.3 Å². The molecule has 0 aliphatic carbocycles. The van der Waals surface area contributed by atoms with E-state index in [2.05, 4.69) is 0 Å². The number of rotatable bonds is 6. The van der Waals surface area contributed by atoms with Crippen LogP contribution in [0.2, 0.25) is 0 Å². The van der Waals surface area contributed by atoms with Gasteiger partial charge in [0.1, 0.15) is 10.5 Å². The van der Waals surface area contributed by atoms with E-state index in [0.717, 1.165) is 22.6 Å². The van der Waals surface area contributed by atoms with Gasteiger partial charge in [0.05, 0.1) is 19.3 Å². The number of aliphatic carboxylic acids is 1. The predicted molar refractivity (Wildman–Crippen MR) is 108 cm³/mol. The maximum Gasteiger partial charge on any atom is 0.305 e. The molecule has 27 heavy (non-hydrogen) atoms. The first-order chi connectivity index (χ1) is 12.9. The maximum atomic E-state index is 12.8. The third-order valence-electron chi connectivity index (χ3n) is 4.91. The molecule has 1 atom stereocenters. The Morgan fingerprint density at radius 2 is 1.93 bits per heavy atom. The lowest BCUT2D eigenvalue weighted by Gasteiger charge is -2.34. The quantitative estimate of drug-likeness (QED) is 0.778. The van der Waals surface area contributed by atoms with Gasteiger partial charge in [0.15, 0.2) is 9.84 Å². The van der Waals surface area contributed by atoms with Gasteiger partial charge in [0.2, 0.25) is 0 Å². The van der Waals surface area contributed by atoms with Crippen molar-refractivity contribution in [3.63, 3.8) is 0 Å². The number of hydrogen-bond donors (Lipinski definition) is 1. The zero-order chi connectivity index (χ0) is 19.5. The first kappa shape index (κ1) is 19.6. The van der Waals surface area contributed by atoms with Crippen molar-refractivity contribution in [2.45, 2.75) is 30.4 Å². The second kappa shape index (κ2) is 7.86. The van der Waals surface area contributed by atoms with E-state index in [1.807, 2.05) is 42.5 Å². The molecule has 1 aliphatic rings. The van der Waals surface area contributed by atoms with Gasteiger partial charge in [-0.15, -0.1) is 11.3 Å². The summed E-state index contributed by atoms with van der Waals surface area (Å²) in [6.45, 7) is 0. The summed E-state index contributed by atoms with van der Waals surface area (Å²) in [6, 6.07) is 11.2. The Balaban J connectivity index is 1.89. The number of carboxylic acid groups (broad SMARTS) is 1. The molecule has 3 rings (SSSR count). The summed E-state index contributed by atoms with van der Waals surface area (Å²) in [5, 5.41) is 9.34. The average Bonchev–Trinajstić information content (AvgIpc) is 3.11. The van der Waals surface area contributed by atoms with Crippen LogP contribution in [0.1, 0.15) is 41.0 Å². The first-order valence-electron chi connectivity index (χ1n) is 8.73. The van der Waals surface area contributed by atoms with Crippen LogP contribution >= 0.6 is 11.3 Å². The number of thiophene rings is 1. The van der Waals surface area contributed by atoms with E-state index in [-0.39, 0.29) is 12.2 Å². The van der Waals surface area contributed by atoms with E-state index in [0.29, 0.717) is 17.7 Å². The van der Waals surface area contributed by atoms with Crippen molar-refractivity contribution in [1.29, 1.82) is 0 Å².